The summed E-state index contributed by atoms with van der Waals surface area (Å²) in [6.07, 6.45) is 4.71. The molecule has 7 heteroatoms. The molecule has 108 valence electrons. The summed E-state index contributed by atoms with van der Waals surface area (Å²) in [7, 11) is 0. The topological polar surface area (TPSA) is 89.2 Å². The van der Waals surface area contributed by atoms with Gasteiger partial charge in [-0.05, 0) is 19.8 Å². The van der Waals surface area contributed by atoms with E-state index in [9.17, 15) is 9.59 Å². The fraction of sp³-hybridized carbons (Fsp3) is 0.538. The maximum atomic E-state index is 11.3. The fourth-order valence-corrected chi connectivity index (χ4v) is 2.87. The SMILES string of the molecule is Cc1nc(Cl)c(C=O)c(N(CC(N)=O)C2CCCC2)n1. The van der Waals surface area contributed by atoms with E-state index in [0.717, 1.165) is 25.7 Å². The van der Waals surface area contributed by atoms with Gasteiger partial charge in [-0.1, -0.05) is 24.4 Å². The highest BCUT2D eigenvalue weighted by Gasteiger charge is 2.28. The Kier molecular flexibility index (Phi) is 4.54. The monoisotopic (exact) mass is 296 g/mol. The van der Waals surface area contributed by atoms with Gasteiger partial charge in [-0.2, -0.15) is 0 Å². The van der Waals surface area contributed by atoms with Gasteiger partial charge < -0.3 is 10.6 Å². The zero-order valence-corrected chi connectivity index (χ0v) is 12.1. The van der Waals surface area contributed by atoms with Crippen molar-refractivity contribution in [1.82, 2.24) is 9.97 Å². The molecule has 1 aliphatic rings. The number of aryl methyl sites for hydroxylation is 1. The summed E-state index contributed by atoms with van der Waals surface area (Å²) in [5.74, 6) is 0.410. The van der Waals surface area contributed by atoms with E-state index < -0.39 is 5.91 Å². The van der Waals surface area contributed by atoms with Crippen LogP contribution in [0.1, 0.15) is 41.9 Å². The number of amides is 1. The molecule has 0 aromatic carbocycles. The Bertz CT molecular complexity index is 529. The highest BCUT2D eigenvalue weighted by Crippen LogP contribution is 2.30. The van der Waals surface area contributed by atoms with Crippen molar-refractivity contribution in [2.24, 2.45) is 5.73 Å². The van der Waals surface area contributed by atoms with Crippen LogP contribution in [0.3, 0.4) is 0 Å². The van der Waals surface area contributed by atoms with Crippen LogP contribution in [-0.2, 0) is 4.79 Å². The normalized spacial score (nSPS) is 15.3. The van der Waals surface area contributed by atoms with Crippen LogP contribution in [0.4, 0.5) is 5.82 Å². The number of hydrogen-bond donors (Lipinski definition) is 1. The van der Waals surface area contributed by atoms with Gasteiger partial charge in [0.15, 0.2) is 6.29 Å². The molecule has 20 heavy (non-hydrogen) atoms. The number of anilines is 1. The van der Waals surface area contributed by atoms with E-state index >= 15 is 0 Å². The maximum absolute atomic E-state index is 11.3. The molecule has 1 aromatic heterocycles. The third-order valence-electron chi connectivity index (χ3n) is 3.47. The zero-order chi connectivity index (χ0) is 14.7. The lowest BCUT2D eigenvalue weighted by molar-refractivity contribution is -0.116. The summed E-state index contributed by atoms with van der Waals surface area (Å²) in [6, 6.07) is 0.159. The Morgan fingerprint density at radius 3 is 2.65 bits per heavy atom. The zero-order valence-electron chi connectivity index (χ0n) is 11.3. The molecule has 0 unspecified atom stereocenters. The van der Waals surface area contributed by atoms with E-state index in [1.54, 1.807) is 11.8 Å². The Morgan fingerprint density at radius 2 is 2.10 bits per heavy atom. The van der Waals surface area contributed by atoms with Crippen molar-refractivity contribution in [3.63, 3.8) is 0 Å². The van der Waals surface area contributed by atoms with Gasteiger partial charge in [-0.25, -0.2) is 9.97 Å². The van der Waals surface area contributed by atoms with Crippen LogP contribution in [0, 0.1) is 6.92 Å². The minimum absolute atomic E-state index is 0.0261. The number of carbonyl (C=O) groups is 2. The van der Waals surface area contributed by atoms with Crippen molar-refractivity contribution < 1.29 is 9.59 Å². The molecule has 1 amide bonds. The van der Waals surface area contributed by atoms with Gasteiger partial charge in [0.05, 0.1) is 12.1 Å². The van der Waals surface area contributed by atoms with Gasteiger partial charge in [0, 0.05) is 6.04 Å². The molecule has 0 saturated heterocycles. The first kappa shape index (κ1) is 14.7. The van der Waals surface area contributed by atoms with E-state index in [-0.39, 0.29) is 23.3 Å². The van der Waals surface area contributed by atoms with Crippen LogP contribution < -0.4 is 10.6 Å². The second kappa shape index (κ2) is 6.17. The van der Waals surface area contributed by atoms with Crippen molar-refractivity contribution in [3.05, 3.63) is 16.5 Å². The lowest BCUT2D eigenvalue weighted by atomic mass is 10.2. The Morgan fingerprint density at radius 1 is 1.45 bits per heavy atom. The third kappa shape index (κ3) is 3.07. The first-order valence-corrected chi connectivity index (χ1v) is 6.95. The van der Waals surface area contributed by atoms with Gasteiger partial charge in [0.25, 0.3) is 0 Å². The summed E-state index contributed by atoms with van der Waals surface area (Å²) < 4.78 is 0. The maximum Gasteiger partial charge on any atom is 0.237 e. The van der Waals surface area contributed by atoms with E-state index in [1.165, 1.54) is 0 Å². The van der Waals surface area contributed by atoms with Crippen LogP contribution in [0.2, 0.25) is 5.15 Å². The van der Waals surface area contributed by atoms with E-state index in [0.29, 0.717) is 17.9 Å². The average Bonchev–Trinajstić information content (AvgIpc) is 2.88. The minimum Gasteiger partial charge on any atom is -0.368 e. The first-order valence-electron chi connectivity index (χ1n) is 6.57. The average molecular weight is 297 g/mol. The van der Waals surface area contributed by atoms with Crippen molar-refractivity contribution >= 4 is 29.6 Å². The fourth-order valence-electron chi connectivity index (χ4n) is 2.61. The number of aromatic nitrogens is 2. The van der Waals surface area contributed by atoms with Crippen molar-refractivity contribution in [1.29, 1.82) is 0 Å². The van der Waals surface area contributed by atoms with Crippen molar-refractivity contribution in [2.75, 3.05) is 11.4 Å². The first-order chi connectivity index (χ1) is 9.52. The molecule has 6 nitrogen and oxygen atoms in total. The summed E-state index contributed by atoms with van der Waals surface area (Å²) >= 11 is 6.00. The number of hydrogen-bond acceptors (Lipinski definition) is 5. The van der Waals surface area contributed by atoms with Gasteiger partial charge in [-0.15, -0.1) is 0 Å². The van der Waals surface area contributed by atoms with Crippen LogP contribution in [-0.4, -0.2) is 34.7 Å². The molecular weight excluding hydrogens is 280 g/mol. The molecule has 0 radical (unpaired) electrons. The van der Waals surface area contributed by atoms with E-state index in [1.807, 2.05) is 0 Å². The van der Waals surface area contributed by atoms with Gasteiger partial charge in [0.1, 0.15) is 16.8 Å². The standard InChI is InChI=1S/C13H17ClN4O2/c1-8-16-12(14)10(7-19)13(17-8)18(6-11(15)20)9-4-2-3-5-9/h7,9H,2-6H2,1H3,(H2,15,20). The second-order valence-electron chi connectivity index (χ2n) is 4.95. The Labute approximate surface area is 122 Å². The quantitative estimate of drug-likeness (QED) is 0.657. The number of primary amides is 1. The Hall–Kier alpha value is -1.69. The molecule has 2 rings (SSSR count). The van der Waals surface area contributed by atoms with E-state index in [4.69, 9.17) is 17.3 Å². The van der Waals surface area contributed by atoms with Crippen LogP contribution in [0.15, 0.2) is 0 Å². The summed E-state index contributed by atoms with van der Waals surface area (Å²) in [4.78, 5) is 32.6. The number of nitrogens with two attached hydrogens (primary N) is 1. The number of aldehydes is 1. The molecule has 1 aliphatic carbocycles. The molecule has 0 atom stereocenters. The molecule has 0 spiro atoms. The van der Waals surface area contributed by atoms with E-state index in [2.05, 4.69) is 9.97 Å². The number of carbonyl (C=O) groups excluding carboxylic acids is 2. The lowest BCUT2D eigenvalue weighted by Gasteiger charge is -2.30. The second-order valence-corrected chi connectivity index (χ2v) is 5.31. The third-order valence-corrected chi connectivity index (χ3v) is 3.76. The van der Waals surface area contributed by atoms with Crippen molar-refractivity contribution in [2.45, 2.75) is 38.6 Å². The lowest BCUT2D eigenvalue weighted by Crippen LogP contribution is -2.41. The minimum atomic E-state index is -0.457. The smallest absolute Gasteiger partial charge is 0.237 e. The number of halogens is 1. The van der Waals surface area contributed by atoms with Crippen LogP contribution >= 0.6 is 11.6 Å². The molecule has 0 aliphatic heterocycles. The van der Waals surface area contributed by atoms with Crippen molar-refractivity contribution in [3.8, 4) is 0 Å². The largest absolute Gasteiger partial charge is 0.368 e. The molecule has 0 bridgehead atoms. The molecule has 2 N–H and O–H groups in total. The molecule has 1 saturated carbocycles. The van der Waals surface area contributed by atoms with Gasteiger partial charge >= 0.3 is 0 Å². The number of nitrogens with zero attached hydrogens (tertiary/aromatic N) is 3. The summed E-state index contributed by atoms with van der Waals surface area (Å²) in [5, 5.41) is 0.106. The molecule has 1 fully saturated rings. The summed E-state index contributed by atoms with van der Waals surface area (Å²) in [5.41, 5.74) is 5.53. The predicted octanol–water partition coefficient (Wildman–Crippen LogP) is 1.49. The summed E-state index contributed by atoms with van der Waals surface area (Å²) in [6.45, 7) is 1.72. The molecule has 1 heterocycles. The molecule has 1 aromatic rings. The highest BCUT2D eigenvalue weighted by molar-refractivity contribution is 6.32. The highest BCUT2D eigenvalue weighted by atomic mass is 35.5. The van der Waals surface area contributed by atoms with Gasteiger partial charge in [0.2, 0.25) is 5.91 Å². The van der Waals surface area contributed by atoms with Gasteiger partial charge in [-0.3, -0.25) is 9.59 Å². The predicted molar refractivity (Wildman–Crippen MR) is 76.0 cm³/mol. The molecular formula is C13H17ClN4O2. The van der Waals surface area contributed by atoms with Crippen LogP contribution in [0.25, 0.3) is 0 Å². The number of rotatable bonds is 5. The van der Waals surface area contributed by atoms with Crippen LogP contribution in [0.5, 0.6) is 0 Å². The Balaban J connectivity index is 2.46.